The van der Waals surface area contributed by atoms with Crippen molar-refractivity contribution in [3.8, 4) is 0 Å². The largest absolute Gasteiger partial charge is 0.341 e. The van der Waals surface area contributed by atoms with Gasteiger partial charge in [-0.3, -0.25) is 14.4 Å². The number of rotatable bonds is 7. The Hall–Kier alpha value is -3.35. The van der Waals surface area contributed by atoms with E-state index in [1.807, 2.05) is 52.3 Å². The lowest BCUT2D eigenvalue weighted by atomic mass is 9.85. The SMILES string of the molecule is CCCCc1ccc(C(=O)N2CCC3(CC2)C(=O)N(CC(=O)N2CCCC2)CN3c2ccccc2)cc1. The van der Waals surface area contributed by atoms with Gasteiger partial charge < -0.3 is 19.6 Å². The van der Waals surface area contributed by atoms with Crippen LogP contribution in [0.15, 0.2) is 54.6 Å². The van der Waals surface area contributed by atoms with Gasteiger partial charge >= 0.3 is 0 Å². The van der Waals surface area contributed by atoms with Crippen molar-refractivity contribution in [3.05, 3.63) is 65.7 Å². The molecule has 7 heteroatoms. The maximum atomic E-state index is 13.9. The van der Waals surface area contributed by atoms with Crippen molar-refractivity contribution in [2.24, 2.45) is 0 Å². The number of hydrogen-bond acceptors (Lipinski definition) is 4. The van der Waals surface area contributed by atoms with Crippen LogP contribution in [0.25, 0.3) is 0 Å². The summed E-state index contributed by atoms with van der Waals surface area (Å²) in [4.78, 5) is 47.7. The molecule has 0 saturated carbocycles. The second kappa shape index (κ2) is 11.0. The summed E-state index contributed by atoms with van der Waals surface area (Å²) in [5, 5.41) is 0. The van der Waals surface area contributed by atoms with Crippen LogP contribution in [0.1, 0.15) is 61.4 Å². The minimum atomic E-state index is -0.729. The van der Waals surface area contributed by atoms with Crippen LogP contribution in [-0.2, 0) is 16.0 Å². The Morgan fingerprint density at radius 3 is 2.19 bits per heavy atom. The first-order chi connectivity index (χ1) is 18.0. The van der Waals surface area contributed by atoms with Crippen molar-refractivity contribution in [2.75, 3.05) is 44.3 Å². The zero-order valence-electron chi connectivity index (χ0n) is 21.9. The van der Waals surface area contributed by atoms with Gasteiger partial charge in [0.2, 0.25) is 5.91 Å². The minimum Gasteiger partial charge on any atom is -0.341 e. The highest BCUT2D eigenvalue weighted by Crippen LogP contribution is 2.39. The molecule has 0 aliphatic carbocycles. The fourth-order valence-electron chi connectivity index (χ4n) is 6.01. The van der Waals surface area contributed by atoms with Gasteiger partial charge in [0.25, 0.3) is 11.8 Å². The third-order valence-corrected chi connectivity index (χ3v) is 8.26. The van der Waals surface area contributed by atoms with Crippen molar-refractivity contribution >= 4 is 23.4 Å². The topological polar surface area (TPSA) is 64.2 Å². The van der Waals surface area contributed by atoms with Crippen LogP contribution < -0.4 is 4.90 Å². The van der Waals surface area contributed by atoms with E-state index < -0.39 is 5.54 Å². The normalized spacial score (nSPS) is 19.2. The third kappa shape index (κ3) is 5.09. The average molecular weight is 503 g/mol. The number of likely N-dealkylation sites (tertiary alicyclic amines) is 2. The summed E-state index contributed by atoms with van der Waals surface area (Å²) in [5.74, 6) is 0.0665. The van der Waals surface area contributed by atoms with Gasteiger partial charge in [0.05, 0.1) is 6.67 Å². The number of carbonyl (C=O) groups excluding carboxylic acids is 3. The number of benzene rings is 2. The molecule has 0 atom stereocenters. The van der Waals surface area contributed by atoms with Gasteiger partial charge in [-0.05, 0) is 68.4 Å². The lowest BCUT2D eigenvalue weighted by Crippen LogP contribution is -2.57. The number of amides is 3. The number of nitrogens with zero attached hydrogens (tertiary/aromatic N) is 4. The zero-order valence-corrected chi connectivity index (χ0v) is 21.9. The van der Waals surface area contributed by atoms with E-state index in [0.717, 1.165) is 50.9 Å². The number of anilines is 1. The van der Waals surface area contributed by atoms with E-state index in [-0.39, 0.29) is 24.3 Å². The van der Waals surface area contributed by atoms with Crippen LogP contribution in [-0.4, -0.2) is 77.4 Å². The molecular formula is C30H38N4O3. The molecule has 196 valence electrons. The Morgan fingerprint density at radius 1 is 0.865 bits per heavy atom. The molecule has 2 aromatic rings. The van der Waals surface area contributed by atoms with E-state index in [9.17, 15) is 14.4 Å². The second-order valence-electron chi connectivity index (χ2n) is 10.6. The molecule has 37 heavy (non-hydrogen) atoms. The summed E-state index contributed by atoms with van der Waals surface area (Å²) in [6.45, 7) is 5.29. The smallest absolute Gasteiger partial charge is 0.253 e. The van der Waals surface area contributed by atoms with Crippen LogP contribution in [0, 0.1) is 0 Å². The van der Waals surface area contributed by atoms with E-state index in [0.29, 0.717) is 38.2 Å². The molecule has 3 aliphatic rings. The molecule has 0 bridgehead atoms. The Bertz CT molecular complexity index is 1100. The Kier molecular flexibility index (Phi) is 7.49. The number of piperidine rings is 1. The van der Waals surface area contributed by atoms with Gasteiger partial charge in [0, 0.05) is 37.4 Å². The second-order valence-corrected chi connectivity index (χ2v) is 10.6. The number of unbranched alkanes of at least 4 members (excludes halogenated alkanes) is 1. The summed E-state index contributed by atoms with van der Waals surface area (Å²) < 4.78 is 0. The van der Waals surface area contributed by atoms with Gasteiger partial charge in [-0.15, -0.1) is 0 Å². The molecule has 3 saturated heterocycles. The first-order valence-electron chi connectivity index (χ1n) is 13.8. The fourth-order valence-corrected chi connectivity index (χ4v) is 6.01. The Balaban J connectivity index is 1.30. The van der Waals surface area contributed by atoms with E-state index in [1.165, 1.54) is 5.56 Å². The van der Waals surface area contributed by atoms with Crippen LogP contribution in [0.5, 0.6) is 0 Å². The lowest BCUT2D eigenvalue weighted by Gasteiger charge is -2.43. The highest BCUT2D eigenvalue weighted by molar-refractivity contribution is 5.97. The number of aryl methyl sites for hydroxylation is 1. The summed E-state index contributed by atoms with van der Waals surface area (Å²) in [6.07, 6.45) is 6.50. The van der Waals surface area contributed by atoms with Crippen LogP contribution in [0.2, 0.25) is 0 Å². The maximum absolute atomic E-state index is 13.9. The van der Waals surface area contributed by atoms with Gasteiger partial charge in [0.15, 0.2) is 0 Å². The van der Waals surface area contributed by atoms with Crippen LogP contribution in [0.4, 0.5) is 5.69 Å². The highest BCUT2D eigenvalue weighted by Gasteiger charge is 2.54. The Morgan fingerprint density at radius 2 is 1.54 bits per heavy atom. The molecule has 2 aromatic carbocycles. The van der Waals surface area contributed by atoms with Crippen molar-refractivity contribution in [3.63, 3.8) is 0 Å². The zero-order chi connectivity index (χ0) is 25.8. The van der Waals surface area contributed by atoms with Crippen LogP contribution >= 0.6 is 0 Å². The predicted molar refractivity (Wildman–Crippen MR) is 144 cm³/mol. The molecule has 5 rings (SSSR count). The van der Waals surface area contributed by atoms with Crippen molar-refractivity contribution in [1.29, 1.82) is 0 Å². The van der Waals surface area contributed by atoms with Gasteiger partial charge in [0.1, 0.15) is 12.1 Å². The van der Waals surface area contributed by atoms with Gasteiger partial charge in [-0.2, -0.15) is 0 Å². The molecule has 0 aromatic heterocycles. The van der Waals surface area contributed by atoms with E-state index in [1.54, 1.807) is 4.90 Å². The molecule has 0 radical (unpaired) electrons. The molecular weight excluding hydrogens is 464 g/mol. The maximum Gasteiger partial charge on any atom is 0.253 e. The molecule has 3 aliphatic heterocycles. The van der Waals surface area contributed by atoms with Crippen LogP contribution in [0.3, 0.4) is 0 Å². The molecule has 1 spiro atoms. The molecule has 0 unspecified atom stereocenters. The van der Waals surface area contributed by atoms with Crippen molar-refractivity contribution in [2.45, 2.75) is 57.4 Å². The summed E-state index contributed by atoms with van der Waals surface area (Å²) in [6, 6.07) is 18.0. The van der Waals surface area contributed by atoms with Gasteiger partial charge in [-0.1, -0.05) is 43.7 Å². The molecule has 3 fully saturated rings. The Labute approximate surface area is 220 Å². The van der Waals surface area contributed by atoms with E-state index >= 15 is 0 Å². The number of para-hydroxylation sites is 1. The molecule has 3 heterocycles. The van der Waals surface area contributed by atoms with E-state index in [2.05, 4.69) is 24.0 Å². The average Bonchev–Trinajstić information content (AvgIpc) is 3.57. The lowest BCUT2D eigenvalue weighted by molar-refractivity contribution is -0.140. The molecule has 7 nitrogen and oxygen atoms in total. The number of carbonyl (C=O) groups is 3. The molecule has 3 amide bonds. The quantitative estimate of drug-likeness (QED) is 0.576. The summed E-state index contributed by atoms with van der Waals surface area (Å²) in [7, 11) is 0. The first kappa shape index (κ1) is 25.3. The first-order valence-corrected chi connectivity index (χ1v) is 13.8. The van der Waals surface area contributed by atoms with Crippen molar-refractivity contribution < 1.29 is 14.4 Å². The number of hydrogen-bond donors (Lipinski definition) is 0. The predicted octanol–water partition coefficient (Wildman–Crippen LogP) is 3.93. The standard InChI is InChI=1S/C30H38N4O3/c1-2-3-9-24-12-14-25(15-13-24)28(36)32-20-16-30(17-21-32)29(37)33(22-27(35)31-18-7-8-19-31)23-34(30)26-10-5-4-6-11-26/h4-6,10-15H,2-3,7-9,16-23H2,1H3. The highest BCUT2D eigenvalue weighted by atomic mass is 16.2. The van der Waals surface area contributed by atoms with E-state index in [4.69, 9.17) is 0 Å². The summed E-state index contributed by atoms with van der Waals surface area (Å²) in [5.41, 5.74) is 2.21. The summed E-state index contributed by atoms with van der Waals surface area (Å²) >= 11 is 0. The van der Waals surface area contributed by atoms with Gasteiger partial charge in [-0.25, -0.2) is 0 Å². The monoisotopic (exact) mass is 502 g/mol. The fraction of sp³-hybridized carbons (Fsp3) is 0.500. The van der Waals surface area contributed by atoms with Crippen molar-refractivity contribution in [1.82, 2.24) is 14.7 Å². The minimum absolute atomic E-state index is 0.0104. The third-order valence-electron chi connectivity index (χ3n) is 8.26. The molecule has 0 N–H and O–H groups in total.